The lowest BCUT2D eigenvalue weighted by Gasteiger charge is -2.17. The molecule has 2 rings (SSSR count). The Balaban J connectivity index is 2.69. The van der Waals surface area contributed by atoms with Gasteiger partial charge in [0, 0.05) is 22.9 Å². The molecule has 1 aromatic heterocycles. The molecule has 6 heteroatoms. The SMILES string of the molecule is CCc1nc(C(F)(F)F)ccc1-c1cc(C(C)C)c(F)cc1OC. The second kappa shape index (κ2) is 6.79. The van der Waals surface area contributed by atoms with Crippen LogP contribution in [0.3, 0.4) is 0 Å². The highest BCUT2D eigenvalue weighted by Crippen LogP contribution is 2.38. The van der Waals surface area contributed by atoms with E-state index in [0.29, 0.717) is 28.8 Å². The highest BCUT2D eigenvalue weighted by Gasteiger charge is 2.33. The molecule has 0 aliphatic rings. The van der Waals surface area contributed by atoms with Gasteiger partial charge in [0.2, 0.25) is 0 Å². The average Bonchev–Trinajstić information content (AvgIpc) is 2.52. The lowest BCUT2D eigenvalue weighted by Crippen LogP contribution is -2.10. The van der Waals surface area contributed by atoms with Crippen molar-refractivity contribution in [2.24, 2.45) is 0 Å². The van der Waals surface area contributed by atoms with Gasteiger partial charge in [0.25, 0.3) is 0 Å². The monoisotopic (exact) mass is 341 g/mol. The standard InChI is InChI=1S/C18H19F4NO/c1-5-15-11(6-7-17(23-15)18(20,21)22)13-8-12(10(2)3)14(19)9-16(13)24-4/h6-10H,5H2,1-4H3. The van der Waals surface area contributed by atoms with Crippen molar-refractivity contribution in [3.8, 4) is 16.9 Å². The van der Waals surface area contributed by atoms with E-state index in [1.807, 2.05) is 13.8 Å². The van der Waals surface area contributed by atoms with Crippen molar-refractivity contribution < 1.29 is 22.3 Å². The predicted octanol–water partition coefficient (Wildman–Crippen LogP) is 5.60. The van der Waals surface area contributed by atoms with Gasteiger partial charge in [0.15, 0.2) is 0 Å². The van der Waals surface area contributed by atoms with Crippen molar-refractivity contribution in [1.29, 1.82) is 0 Å². The molecule has 130 valence electrons. The Morgan fingerprint density at radius 1 is 1.12 bits per heavy atom. The molecule has 0 saturated carbocycles. The van der Waals surface area contributed by atoms with Crippen molar-refractivity contribution in [3.63, 3.8) is 0 Å². The Hall–Kier alpha value is -2.11. The molecule has 24 heavy (non-hydrogen) atoms. The number of benzene rings is 1. The number of halogens is 4. The molecule has 0 unspecified atom stereocenters. The summed E-state index contributed by atoms with van der Waals surface area (Å²) >= 11 is 0. The fourth-order valence-corrected chi connectivity index (χ4v) is 2.57. The van der Waals surface area contributed by atoms with Crippen LogP contribution >= 0.6 is 0 Å². The Morgan fingerprint density at radius 3 is 2.29 bits per heavy atom. The molecule has 0 atom stereocenters. The van der Waals surface area contributed by atoms with Gasteiger partial charge in [-0.15, -0.1) is 0 Å². The number of aromatic nitrogens is 1. The number of ether oxygens (including phenoxy) is 1. The van der Waals surface area contributed by atoms with Gasteiger partial charge in [-0.25, -0.2) is 9.37 Å². The molecule has 0 N–H and O–H groups in total. The summed E-state index contributed by atoms with van der Waals surface area (Å²) in [5, 5.41) is 0. The molecule has 0 aliphatic heterocycles. The number of rotatable bonds is 4. The summed E-state index contributed by atoms with van der Waals surface area (Å²) in [6.45, 7) is 5.42. The Labute approximate surface area is 138 Å². The minimum atomic E-state index is -4.50. The van der Waals surface area contributed by atoms with Gasteiger partial charge in [-0.3, -0.25) is 0 Å². The Bertz CT molecular complexity index is 739. The second-order valence-electron chi connectivity index (χ2n) is 5.77. The maximum Gasteiger partial charge on any atom is 0.433 e. The largest absolute Gasteiger partial charge is 0.496 e. The second-order valence-corrected chi connectivity index (χ2v) is 5.77. The quantitative estimate of drug-likeness (QED) is 0.675. The Morgan fingerprint density at radius 2 is 1.79 bits per heavy atom. The zero-order valence-corrected chi connectivity index (χ0v) is 14.0. The first-order valence-electron chi connectivity index (χ1n) is 7.63. The van der Waals surface area contributed by atoms with E-state index in [1.165, 1.54) is 19.2 Å². The third-order valence-electron chi connectivity index (χ3n) is 3.83. The molecule has 0 aliphatic carbocycles. The number of aryl methyl sites for hydroxylation is 1. The fourth-order valence-electron chi connectivity index (χ4n) is 2.57. The Kier molecular flexibility index (Phi) is 5.16. The van der Waals surface area contributed by atoms with Gasteiger partial charge in [0.05, 0.1) is 7.11 Å². The molecule has 2 nitrogen and oxygen atoms in total. The molecule has 0 bridgehead atoms. The fraction of sp³-hybridized carbons (Fsp3) is 0.389. The molecular weight excluding hydrogens is 322 g/mol. The molecule has 0 radical (unpaired) electrons. The number of pyridine rings is 1. The van der Waals surface area contributed by atoms with Crippen LogP contribution in [0.4, 0.5) is 17.6 Å². The normalized spacial score (nSPS) is 11.9. The van der Waals surface area contributed by atoms with E-state index in [2.05, 4.69) is 4.98 Å². The van der Waals surface area contributed by atoms with Crippen LogP contribution in [0.2, 0.25) is 0 Å². The topological polar surface area (TPSA) is 22.1 Å². The first-order chi connectivity index (χ1) is 11.2. The molecule has 0 amide bonds. The van der Waals surface area contributed by atoms with Crippen LogP contribution in [0.1, 0.15) is 43.6 Å². The smallest absolute Gasteiger partial charge is 0.433 e. The third kappa shape index (κ3) is 3.52. The van der Waals surface area contributed by atoms with E-state index < -0.39 is 17.7 Å². The lowest BCUT2D eigenvalue weighted by atomic mass is 9.94. The average molecular weight is 341 g/mol. The number of alkyl halides is 3. The maximum absolute atomic E-state index is 14.1. The van der Waals surface area contributed by atoms with Crippen LogP contribution in [-0.4, -0.2) is 12.1 Å². The van der Waals surface area contributed by atoms with Crippen LogP contribution in [0.15, 0.2) is 24.3 Å². The zero-order chi connectivity index (χ0) is 18.1. The van der Waals surface area contributed by atoms with Crippen LogP contribution in [0.5, 0.6) is 5.75 Å². The summed E-state index contributed by atoms with van der Waals surface area (Å²) < 4.78 is 58.0. The van der Waals surface area contributed by atoms with Crippen LogP contribution in [0, 0.1) is 5.82 Å². The summed E-state index contributed by atoms with van der Waals surface area (Å²) in [5.41, 5.74) is 0.898. The van der Waals surface area contributed by atoms with Gasteiger partial charge in [-0.2, -0.15) is 13.2 Å². The van der Waals surface area contributed by atoms with E-state index in [4.69, 9.17) is 4.74 Å². The van der Waals surface area contributed by atoms with Crippen molar-refractivity contribution in [2.75, 3.05) is 7.11 Å². The highest BCUT2D eigenvalue weighted by atomic mass is 19.4. The molecule has 0 saturated heterocycles. The summed E-state index contributed by atoms with van der Waals surface area (Å²) in [6.07, 6.45) is -4.19. The highest BCUT2D eigenvalue weighted by molar-refractivity contribution is 5.73. The number of methoxy groups -OCH3 is 1. The minimum Gasteiger partial charge on any atom is -0.496 e. The van der Waals surface area contributed by atoms with Crippen LogP contribution in [0.25, 0.3) is 11.1 Å². The third-order valence-corrected chi connectivity index (χ3v) is 3.83. The van der Waals surface area contributed by atoms with E-state index in [1.54, 1.807) is 13.0 Å². The van der Waals surface area contributed by atoms with Crippen molar-refractivity contribution in [1.82, 2.24) is 4.98 Å². The van der Waals surface area contributed by atoms with E-state index in [0.717, 1.165) is 6.07 Å². The predicted molar refractivity (Wildman–Crippen MR) is 84.7 cm³/mol. The zero-order valence-electron chi connectivity index (χ0n) is 14.0. The summed E-state index contributed by atoms with van der Waals surface area (Å²) in [5.74, 6) is -0.196. The lowest BCUT2D eigenvalue weighted by molar-refractivity contribution is -0.141. The number of hydrogen-bond acceptors (Lipinski definition) is 2. The maximum atomic E-state index is 14.1. The molecular formula is C18H19F4NO. The number of nitrogens with zero attached hydrogens (tertiary/aromatic N) is 1. The van der Waals surface area contributed by atoms with Gasteiger partial charge < -0.3 is 4.74 Å². The first-order valence-corrected chi connectivity index (χ1v) is 7.63. The van der Waals surface area contributed by atoms with E-state index in [-0.39, 0.29) is 11.7 Å². The summed E-state index contributed by atoms with van der Waals surface area (Å²) in [6, 6.07) is 5.20. The molecule has 0 spiro atoms. The first kappa shape index (κ1) is 18.2. The van der Waals surface area contributed by atoms with E-state index >= 15 is 0 Å². The van der Waals surface area contributed by atoms with Gasteiger partial charge in [-0.1, -0.05) is 26.8 Å². The molecule has 0 fully saturated rings. The molecule has 2 aromatic rings. The van der Waals surface area contributed by atoms with E-state index in [9.17, 15) is 17.6 Å². The van der Waals surface area contributed by atoms with Crippen LogP contribution < -0.4 is 4.74 Å². The minimum absolute atomic E-state index is 0.0675. The summed E-state index contributed by atoms with van der Waals surface area (Å²) in [7, 11) is 1.40. The van der Waals surface area contributed by atoms with Gasteiger partial charge in [-0.05, 0) is 30.0 Å². The number of hydrogen-bond donors (Lipinski definition) is 0. The van der Waals surface area contributed by atoms with Crippen molar-refractivity contribution >= 4 is 0 Å². The van der Waals surface area contributed by atoms with Crippen molar-refractivity contribution in [3.05, 3.63) is 47.0 Å². The van der Waals surface area contributed by atoms with Crippen molar-refractivity contribution in [2.45, 2.75) is 39.3 Å². The van der Waals surface area contributed by atoms with Crippen LogP contribution in [-0.2, 0) is 12.6 Å². The molecule has 1 aromatic carbocycles. The van der Waals surface area contributed by atoms with Gasteiger partial charge >= 0.3 is 6.18 Å². The molecule has 1 heterocycles. The van der Waals surface area contributed by atoms with Gasteiger partial charge in [0.1, 0.15) is 17.3 Å². The summed E-state index contributed by atoms with van der Waals surface area (Å²) in [4.78, 5) is 3.74.